The number of aryl methyl sites for hydroxylation is 2. The maximum Gasteiger partial charge on any atom is 0.228 e. The van der Waals surface area contributed by atoms with Crippen LogP contribution in [-0.2, 0) is 12.6 Å². The van der Waals surface area contributed by atoms with E-state index in [1.165, 1.54) is 0 Å². The van der Waals surface area contributed by atoms with Crippen LogP contribution in [0.25, 0.3) is 0 Å². The Kier molecular flexibility index (Phi) is 3.74. The maximum atomic E-state index is 10.9. The van der Waals surface area contributed by atoms with E-state index in [4.69, 9.17) is 4.74 Å². The molecule has 0 aliphatic carbocycles. The maximum absolute atomic E-state index is 10.9. The quantitative estimate of drug-likeness (QED) is 0.912. The first-order valence-electron chi connectivity index (χ1n) is 7.37. The van der Waals surface area contributed by atoms with Gasteiger partial charge in [-0.15, -0.1) is 0 Å². The van der Waals surface area contributed by atoms with E-state index in [2.05, 4.69) is 19.9 Å². The van der Waals surface area contributed by atoms with Crippen molar-refractivity contribution in [3.8, 4) is 5.88 Å². The SMILES string of the molecule is COc1cc(C)nc(N2CCC(O)(c3nccn3C)CC2)n1. The van der Waals surface area contributed by atoms with Crippen molar-refractivity contribution >= 4 is 5.95 Å². The molecule has 7 nitrogen and oxygen atoms in total. The van der Waals surface area contributed by atoms with E-state index < -0.39 is 5.60 Å². The fourth-order valence-corrected chi connectivity index (χ4v) is 2.88. The van der Waals surface area contributed by atoms with Crippen LogP contribution in [0.2, 0.25) is 0 Å². The van der Waals surface area contributed by atoms with Crippen molar-refractivity contribution in [3.05, 3.63) is 30.0 Å². The molecule has 1 N–H and O–H groups in total. The Hall–Kier alpha value is -2.15. The van der Waals surface area contributed by atoms with Gasteiger partial charge in [0.25, 0.3) is 0 Å². The van der Waals surface area contributed by atoms with Crippen LogP contribution in [0.1, 0.15) is 24.4 Å². The van der Waals surface area contributed by atoms with Crippen molar-refractivity contribution < 1.29 is 9.84 Å². The highest BCUT2D eigenvalue weighted by Crippen LogP contribution is 2.32. The Morgan fingerprint density at radius 1 is 1.27 bits per heavy atom. The zero-order chi connectivity index (χ0) is 15.7. The molecule has 1 aliphatic rings. The molecule has 0 saturated carbocycles. The van der Waals surface area contributed by atoms with Crippen molar-refractivity contribution in [2.75, 3.05) is 25.1 Å². The van der Waals surface area contributed by atoms with Crippen LogP contribution in [0.4, 0.5) is 5.95 Å². The van der Waals surface area contributed by atoms with Gasteiger partial charge in [0.1, 0.15) is 11.4 Å². The molecule has 7 heteroatoms. The van der Waals surface area contributed by atoms with Crippen LogP contribution >= 0.6 is 0 Å². The van der Waals surface area contributed by atoms with E-state index in [0.29, 0.717) is 37.8 Å². The zero-order valence-electron chi connectivity index (χ0n) is 13.2. The molecule has 0 bridgehead atoms. The first-order chi connectivity index (χ1) is 10.5. The minimum Gasteiger partial charge on any atom is -0.481 e. The van der Waals surface area contributed by atoms with Gasteiger partial charge in [-0.2, -0.15) is 4.98 Å². The number of hydrogen-bond acceptors (Lipinski definition) is 6. The number of aromatic nitrogens is 4. The smallest absolute Gasteiger partial charge is 0.228 e. The average molecular weight is 303 g/mol. The van der Waals surface area contributed by atoms with Gasteiger partial charge >= 0.3 is 0 Å². The van der Waals surface area contributed by atoms with Crippen molar-refractivity contribution in [2.45, 2.75) is 25.4 Å². The van der Waals surface area contributed by atoms with E-state index in [1.54, 1.807) is 19.4 Å². The van der Waals surface area contributed by atoms with Crippen molar-refractivity contribution in [2.24, 2.45) is 7.05 Å². The molecule has 1 saturated heterocycles. The van der Waals surface area contributed by atoms with Gasteiger partial charge in [-0.05, 0) is 6.92 Å². The Morgan fingerprint density at radius 2 is 2.00 bits per heavy atom. The lowest BCUT2D eigenvalue weighted by Gasteiger charge is -2.37. The van der Waals surface area contributed by atoms with Crippen LogP contribution < -0.4 is 9.64 Å². The van der Waals surface area contributed by atoms with Crippen LogP contribution in [0.5, 0.6) is 5.88 Å². The van der Waals surface area contributed by atoms with E-state index in [-0.39, 0.29) is 0 Å². The van der Waals surface area contributed by atoms with Crippen molar-refractivity contribution in [1.29, 1.82) is 0 Å². The molecule has 0 amide bonds. The molecule has 118 valence electrons. The van der Waals surface area contributed by atoms with Gasteiger partial charge in [0.05, 0.1) is 7.11 Å². The standard InChI is InChI=1S/C15H21N5O2/c1-11-10-12(22-3)18-14(17-11)20-7-4-15(21,5-8-20)13-16-6-9-19(13)2/h6,9-10,21H,4-5,7-8H2,1-3H3. The topological polar surface area (TPSA) is 76.3 Å². The molecule has 2 aromatic heterocycles. The predicted molar refractivity (Wildman–Crippen MR) is 81.9 cm³/mol. The number of imidazole rings is 1. The van der Waals surface area contributed by atoms with Crippen LogP contribution in [0.3, 0.4) is 0 Å². The minimum absolute atomic E-state index is 0.562. The number of aliphatic hydroxyl groups is 1. The number of piperidine rings is 1. The van der Waals surface area contributed by atoms with Crippen molar-refractivity contribution in [1.82, 2.24) is 19.5 Å². The monoisotopic (exact) mass is 303 g/mol. The summed E-state index contributed by atoms with van der Waals surface area (Å²) in [5, 5.41) is 10.9. The lowest BCUT2D eigenvalue weighted by Crippen LogP contribution is -2.44. The summed E-state index contributed by atoms with van der Waals surface area (Å²) in [5.41, 5.74) is -0.0189. The molecule has 0 spiro atoms. The van der Waals surface area contributed by atoms with Gasteiger partial charge in [-0.3, -0.25) is 0 Å². The molecular weight excluding hydrogens is 282 g/mol. The highest BCUT2D eigenvalue weighted by Gasteiger charge is 2.37. The molecule has 2 aromatic rings. The second-order valence-electron chi connectivity index (χ2n) is 5.73. The molecule has 3 rings (SSSR count). The first kappa shape index (κ1) is 14.8. The molecule has 1 fully saturated rings. The molecule has 22 heavy (non-hydrogen) atoms. The van der Waals surface area contributed by atoms with Gasteiger partial charge < -0.3 is 19.3 Å². The molecule has 0 aromatic carbocycles. The zero-order valence-corrected chi connectivity index (χ0v) is 13.2. The largest absolute Gasteiger partial charge is 0.481 e. The van der Waals surface area contributed by atoms with Crippen LogP contribution in [-0.4, -0.2) is 44.8 Å². The average Bonchev–Trinajstić information content (AvgIpc) is 2.94. The number of nitrogens with zero attached hydrogens (tertiary/aromatic N) is 5. The summed E-state index contributed by atoms with van der Waals surface area (Å²) in [6, 6.07) is 1.80. The Morgan fingerprint density at radius 3 is 2.59 bits per heavy atom. The number of hydrogen-bond donors (Lipinski definition) is 1. The molecule has 0 atom stereocenters. The van der Waals surface area contributed by atoms with Gasteiger partial charge in [0.15, 0.2) is 0 Å². The Labute approximate surface area is 129 Å². The summed E-state index contributed by atoms with van der Waals surface area (Å²) in [6.07, 6.45) is 4.76. The molecule has 0 unspecified atom stereocenters. The third-order valence-electron chi connectivity index (χ3n) is 4.14. The lowest BCUT2D eigenvalue weighted by atomic mass is 9.90. The van der Waals surface area contributed by atoms with E-state index >= 15 is 0 Å². The molecule has 0 radical (unpaired) electrons. The second kappa shape index (κ2) is 5.57. The van der Waals surface area contributed by atoms with E-state index in [1.807, 2.05) is 24.7 Å². The number of anilines is 1. The van der Waals surface area contributed by atoms with Gasteiger partial charge in [-0.1, -0.05) is 0 Å². The Balaban J connectivity index is 1.77. The summed E-state index contributed by atoms with van der Waals surface area (Å²) in [6.45, 7) is 3.27. The number of ether oxygens (including phenoxy) is 1. The third kappa shape index (κ3) is 2.64. The van der Waals surface area contributed by atoms with Gasteiger partial charge in [-0.25, -0.2) is 9.97 Å². The highest BCUT2D eigenvalue weighted by molar-refractivity contribution is 5.35. The minimum atomic E-state index is -0.886. The highest BCUT2D eigenvalue weighted by atomic mass is 16.5. The van der Waals surface area contributed by atoms with E-state index in [9.17, 15) is 5.11 Å². The molecule has 3 heterocycles. The summed E-state index contributed by atoms with van der Waals surface area (Å²) < 4.78 is 7.08. The predicted octanol–water partition coefficient (Wildman–Crippen LogP) is 1.02. The van der Waals surface area contributed by atoms with Crippen molar-refractivity contribution in [3.63, 3.8) is 0 Å². The normalized spacial score (nSPS) is 17.5. The molecular formula is C15H21N5O2. The fraction of sp³-hybridized carbons (Fsp3) is 0.533. The van der Waals surface area contributed by atoms with Crippen LogP contribution in [0.15, 0.2) is 18.5 Å². The first-order valence-corrected chi connectivity index (χ1v) is 7.37. The van der Waals surface area contributed by atoms with Gasteiger partial charge in [0, 0.05) is 57.1 Å². The number of methoxy groups -OCH3 is 1. The third-order valence-corrected chi connectivity index (χ3v) is 4.14. The van der Waals surface area contributed by atoms with E-state index in [0.717, 1.165) is 11.5 Å². The molecule has 1 aliphatic heterocycles. The summed E-state index contributed by atoms with van der Waals surface area (Å²) in [5.74, 6) is 1.93. The second-order valence-corrected chi connectivity index (χ2v) is 5.73. The summed E-state index contributed by atoms with van der Waals surface area (Å²) in [4.78, 5) is 15.2. The van der Waals surface area contributed by atoms with Crippen LogP contribution in [0, 0.1) is 6.92 Å². The number of rotatable bonds is 3. The fourth-order valence-electron chi connectivity index (χ4n) is 2.88. The lowest BCUT2D eigenvalue weighted by molar-refractivity contribution is 0.000538. The van der Waals surface area contributed by atoms with Gasteiger partial charge in [0.2, 0.25) is 11.8 Å². The summed E-state index contributed by atoms with van der Waals surface area (Å²) in [7, 11) is 3.50. The summed E-state index contributed by atoms with van der Waals surface area (Å²) >= 11 is 0. The Bertz CT molecular complexity index is 662.